The molecule has 0 aliphatic carbocycles. The van der Waals surface area contributed by atoms with E-state index in [0.29, 0.717) is 32.4 Å². The third kappa shape index (κ3) is 6.42. The first-order valence-electron chi connectivity index (χ1n) is 12.0. The number of nitrogens with one attached hydrogen (secondary N) is 2. The Kier molecular flexibility index (Phi) is 8.43. The molecule has 4 atom stereocenters. The fourth-order valence-corrected chi connectivity index (χ4v) is 4.38. The third-order valence-corrected chi connectivity index (χ3v) is 6.40. The Hall–Kier alpha value is -2.78. The average Bonchev–Trinajstić information content (AvgIpc) is 3.37. The molecule has 34 heavy (non-hydrogen) atoms. The van der Waals surface area contributed by atoms with Gasteiger partial charge in [0.05, 0.1) is 19.2 Å². The fourth-order valence-electron chi connectivity index (χ4n) is 4.38. The SMILES string of the molecule is CC(C)C[C@H](NC(=O)[C@H](Cc1ccccc1)NC(=O)[C@@H]1CCCN1C(=O)CN)C(=O)[C@@]1(C)CO1. The van der Waals surface area contributed by atoms with Crippen LogP contribution >= 0.6 is 0 Å². The van der Waals surface area contributed by atoms with Crippen LogP contribution in [0, 0.1) is 5.92 Å². The highest BCUT2D eigenvalue weighted by Crippen LogP contribution is 2.29. The Balaban J connectivity index is 1.77. The van der Waals surface area contributed by atoms with Gasteiger partial charge in [-0.15, -0.1) is 0 Å². The number of amides is 3. The van der Waals surface area contributed by atoms with Gasteiger partial charge in [-0.25, -0.2) is 0 Å². The first kappa shape index (κ1) is 25.8. The van der Waals surface area contributed by atoms with Crippen LogP contribution in [0.2, 0.25) is 0 Å². The van der Waals surface area contributed by atoms with E-state index in [1.165, 1.54) is 4.90 Å². The summed E-state index contributed by atoms with van der Waals surface area (Å²) >= 11 is 0. The number of nitrogens with two attached hydrogens (primary N) is 1. The number of nitrogens with zero attached hydrogens (tertiary/aromatic N) is 1. The molecule has 3 rings (SSSR count). The maximum Gasteiger partial charge on any atom is 0.243 e. The van der Waals surface area contributed by atoms with Crippen molar-refractivity contribution in [3.63, 3.8) is 0 Å². The zero-order chi connectivity index (χ0) is 24.9. The number of carbonyl (C=O) groups excluding carboxylic acids is 4. The second-order valence-corrected chi connectivity index (χ2v) is 9.77. The van der Waals surface area contributed by atoms with Gasteiger partial charge in [0, 0.05) is 13.0 Å². The summed E-state index contributed by atoms with van der Waals surface area (Å²) in [6.07, 6.45) is 1.94. The molecule has 0 radical (unpaired) electrons. The molecular weight excluding hydrogens is 436 g/mol. The molecular formula is C25H36N4O5. The second kappa shape index (κ2) is 11.1. The first-order valence-corrected chi connectivity index (χ1v) is 12.0. The first-order chi connectivity index (χ1) is 16.1. The van der Waals surface area contributed by atoms with Crippen LogP contribution in [0.3, 0.4) is 0 Å². The standard InChI is InChI=1S/C25H36N4O5/c1-16(2)12-18(22(31)25(3)15-34-25)27-23(32)19(13-17-8-5-4-6-9-17)28-24(33)20-10-7-11-29(20)21(30)14-26/h4-6,8-9,16,18-20H,7,10-15,26H2,1-3H3,(H,27,32)(H,28,33)/t18-,19-,20-,25+/m0/s1. The topological polar surface area (TPSA) is 134 Å². The Morgan fingerprint density at radius 3 is 2.41 bits per heavy atom. The number of epoxide rings is 1. The molecule has 1 aromatic rings. The largest absolute Gasteiger partial charge is 0.361 e. The predicted molar refractivity (Wildman–Crippen MR) is 127 cm³/mol. The molecule has 9 nitrogen and oxygen atoms in total. The third-order valence-electron chi connectivity index (χ3n) is 6.40. The number of carbonyl (C=O) groups is 4. The van der Waals surface area contributed by atoms with E-state index < -0.39 is 29.6 Å². The maximum atomic E-state index is 13.4. The lowest BCUT2D eigenvalue weighted by molar-refractivity contribution is -0.139. The van der Waals surface area contributed by atoms with Gasteiger partial charge in [-0.1, -0.05) is 44.2 Å². The molecule has 1 aromatic carbocycles. The Labute approximate surface area is 200 Å². The molecule has 2 aliphatic rings. The van der Waals surface area contributed by atoms with Crippen molar-refractivity contribution in [3.05, 3.63) is 35.9 Å². The lowest BCUT2D eigenvalue weighted by atomic mass is 9.93. The van der Waals surface area contributed by atoms with Gasteiger partial charge in [-0.3, -0.25) is 19.2 Å². The number of hydrogen-bond donors (Lipinski definition) is 3. The minimum atomic E-state index is -0.902. The molecule has 3 amide bonds. The van der Waals surface area contributed by atoms with E-state index in [4.69, 9.17) is 10.5 Å². The zero-order valence-corrected chi connectivity index (χ0v) is 20.2. The monoisotopic (exact) mass is 472 g/mol. The molecule has 2 fully saturated rings. The van der Waals surface area contributed by atoms with Crippen molar-refractivity contribution in [2.24, 2.45) is 11.7 Å². The van der Waals surface area contributed by atoms with E-state index >= 15 is 0 Å². The fraction of sp³-hybridized carbons (Fsp3) is 0.600. The van der Waals surface area contributed by atoms with Gasteiger partial charge in [0.15, 0.2) is 5.78 Å². The van der Waals surface area contributed by atoms with Crippen molar-refractivity contribution in [2.45, 2.75) is 70.2 Å². The highest BCUT2D eigenvalue weighted by atomic mass is 16.6. The van der Waals surface area contributed by atoms with Crippen molar-refractivity contribution in [1.82, 2.24) is 15.5 Å². The second-order valence-electron chi connectivity index (χ2n) is 9.77. The van der Waals surface area contributed by atoms with Crippen LogP contribution in [0.25, 0.3) is 0 Å². The quantitative estimate of drug-likeness (QED) is 0.403. The van der Waals surface area contributed by atoms with E-state index in [0.717, 1.165) is 5.56 Å². The Morgan fingerprint density at radius 2 is 1.82 bits per heavy atom. The van der Waals surface area contributed by atoms with Crippen LogP contribution in [0.15, 0.2) is 30.3 Å². The van der Waals surface area contributed by atoms with Crippen LogP contribution < -0.4 is 16.4 Å². The highest BCUT2D eigenvalue weighted by molar-refractivity contribution is 5.98. The summed E-state index contributed by atoms with van der Waals surface area (Å²) in [6, 6.07) is 7.08. The van der Waals surface area contributed by atoms with Gasteiger partial charge >= 0.3 is 0 Å². The summed E-state index contributed by atoms with van der Waals surface area (Å²) in [5, 5.41) is 5.71. The van der Waals surface area contributed by atoms with Crippen LogP contribution in [-0.2, 0) is 30.3 Å². The summed E-state index contributed by atoms with van der Waals surface area (Å²) in [5.41, 5.74) is 5.51. The molecule has 0 unspecified atom stereocenters. The minimum absolute atomic E-state index is 0.158. The van der Waals surface area contributed by atoms with Crippen LogP contribution in [0.4, 0.5) is 0 Å². The van der Waals surface area contributed by atoms with Gasteiger partial charge in [0.2, 0.25) is 17.7 Å². The molecule has 0 aromatic heterocycles. The molecule has 2 saturated heterocycles. The zero-order valence-electron chi connectivity index (χ0n) is 20.2. The molecule has 4 N–H and O–H groups in total. The van der Waals surface area contributed by atoms with E-state index in [1.54, 1.807) is 6.92 Å². The van der Waals surface area contributed by atoms with Crippen LogP contribution in [0.5, 0.6) is 0 Å². The van der Waals surface area contributed by atoms with Gasteiger partial charge in [0.25, 0.3) is 0 Å². The normalized spacial score (nSPS) is 23.3. The van der Waals surface area contributed by atoms with E-state index in [1.807, 2.05) is 44.2 Å². The number of hydrogen-bond acceptors (Lipinski definition) is 6. The van der Waals surface area contributed by atoms with Crippen molar-refractivity contribution in [1.29, 1.82) is 0 Å². The van der Waals surface area contributed by atoms with Gasteiger partial charge < -0.3 is 26.0 Å². The summed E-state index contributed by atoms with van der Waals surface area (Å²) in [4.78, 5) is 53.1. The molecule has 0 bridgehead atoms. The summed E-state index contributed by atoms with van der Waals surface area (Å²) in [7, 11) is 0. The van der Waals surface area contributed by atoms with Crippen LogP contribution in [0.1, 0.15) is 45.6 Å². The lowest BCUT2D eigenvalue weighted by Crippen LogP contribution is -2.57. The van der Waals surface area contributed by atoms with Crippen molar-refractivity contribution < 1.29 is 23.9 Å². The molecule has 186 valence electrons. The number of ketones is 1. The predicted octanol–water partition coefficient (Wildman–Crippen LogP) is 0.553. The molecule has 0 saturated carbocycles. The van der Waals surface area contributed by atoms with Crippen molar-refractivity contribution >= 4 is 23.5 Å². The lowest BCUT2D eigenvalue weighted by Gasteiger charge is -2.28. The summed E-state index contributed by atoms with van der Waals surface area (Å²) in [5.74, 6) is -1.10. The van der Waals surface area contributed by atoms with Crippen LogP contribution in [-0.4, -0.2) is 71.8 Å². The average molecular weight is 473 g/mol. The van der Waals surface area contributed by atoms with Crippen molar-refractivity contribution in [3.8, 4) is 0 Å². The van der Waals surface area contributed by atoms with E-state index in [-0.39, 0.29) is 36.5 Å². The maximum absolute atomic E-state index is 13.4. The molecule has 9 heteroatoms. The Bertz CT molecular complexity index is 900. The number of ether oxygens (including phenoxy) is 1. The van der Waals surface area contributed by atoms with Crippen molar-refractivity contribution in [2.75, 3.05) is 19.7 Å². The Morgan fingerprint density at radius 1 is 1.15 bits per heavy atom. The number of rotatable bonds is 11. The summed E-state index contributed by atoms with van der Waals surface area (Å²) < 4.78 is 5.32. The highest BCUT2D eigenvalue weighted by Gasteiger charge is 2.50. The summed E-state index contributed by atoms with van der Waals surface area (Å²) in [6.45, 7) is 6.32. The molecule has 0 spiro atoms. The minimum Gasteiger partial charge on any atom is -0.361 e. The van der Waals surface area contributed by atoms with Gasteiger partial charge in [0.1, 0.15) is 17.7 Å². The van der Waals surface area contributed by atoms with Gasteiger partial charge in [-0.2, -0.15) is 0 Å². The van der Waals surface area contributed by atoms with E-state index in [2.05, 4.69) is 10.6 Å². The van der Waals surface area contributed by atoms with Gasteiger partial charge in [-0.05, 0) is 37.7 Å². The molecule has 2 aliphatic heterocycles. The number of benzene rings is 1. The smallest absolute Gasteiger partial charge is 0.243 e. The van der Waals surface area contributed by atoms with E-state index in [9.17, 15) is 19.2 Å². The number of Topliss-reactive ketones (excluding diaryl/α,β-unsaturated/α-hetero) is 1. The molecule has 2 heterocycles. The number of likely N-dealkylation sites (tertiary alicyclic amines) is 1.